The predicted octanol–water partition coefficient (Wildman–Crippen LogP) is -1.97. The summed E-state index contributed by atoms with van der Waals surface area (Å²) < 4.78 is 54.6. The van der Waals surface area contributed by atoms with E-state index in [2.05, 4.69) is 15.3 Å². The van der Waals surface area contributed by atoms with Crippen molar-refractivity contribution in [2.75, 3.05) is 24.7 Å². The number of anilines is 1. The number of sulfonamides is 1. The SMILES string of the molecule is BC1(B)CN(S(C)(=O)=O)CC(B)(B)C1Nc1ncc2cc(C(F)F)c(=O)n([C@@H]3CCC[C@@]3(C)O)c2n1. The third-order valence-electron chi connectivity index (χ3n) is 7.70. The third-order valence-corrected chi connectivity index (χ3v) is 8.90. The van der Waals surface area contributed by atoms with Crippen LogP contribution >= 0.6 is 0 Å². The summed E-state index contributed by atoms with van der Waals surface area (Å²) in [5, 5.41) is 13.5. The van der Waals surface area contributed by atoms with Crippen LogP contribution in [0.1, 0.15) is 44.2 Å². The van der Waals surface area contributed by atoms with Crippen LogP contribution in [0.3, 0.4) is 0 Å². The number of hydrogen-bond donors (Lipinski definition) is 2. The van der Waals surface area contributed by atoms with E-state index in [9.17, 15) is 27.1 Å². The van der Waals surface area contributed by atoms with E-state index >= 15 is 0 Å². The Balaban J connectivity index is 1.81. The first kappa shape index (κ1) is 27.1. The molecule has 0 bridgehead atoms. The monoisotopic (exact) mass is 519 g/mol. The lowest BCUT2D eigenvalue weighted by Gasteiger charge is -2.53. The molecule has 0 amide bonds. The summed E-state index contributed by atoms with van der Waals surface area (Å²) in [6, 6.07) is 0.181. The number of nitrogens with zero attached hydrogens (tertiary/aromatic N) is 4. The molecule has 1 saturated heterocycles. The molecule has 0 unspecified atom stereocenters. The van der Waals surface area contributed by atoms with E-state index in [4.69, 9.17) is 0 Å². The Hall–Kier alpha value is -1.92. The number of aromatic nitrogens is 3. The average Bonchev–Trinajstić information content (AvgIpc) is 3.07. The Morgan fingerprint density at radius 3 is 2.33 bits per heavy atom. The highest BCUT2D eigenvalue weighted by atomic mass is 32.2. The molecule has 9 nitrogen and oxygen atoms in total. The van der Waals surface area contributed by atoms with E-state index in [1.54, 1.807) is 6.92 Å². The van der Waals surface area contributed by atoms with Gasteiger partial charge in [0.25, 0.3) is 12.0 Å². The fourth-order valence-electron chi connectivity index (χ4n) is 6.15. The molecule has 16 heteroatoms. The van der Waals surface area contributed by atoms with Crippen molar-refractivity contribution in [1.82, 2.24) is 18.8 Å². The molecule has 0 radical (unpaired) electrons. The van der Waals surface area contributed by atoms with Gasteiger partial charge in [0, 0.05) is 30.7 Å². The molecule has 1 aliphatic heterocycles. The van der Waals surface area contributed by atoms with Gasteiger partial charge in [0.2, 0.25) is 16.0 Å². The van der Waals surface area contributed by atoms with Crippen LogP contribution in [0.5, 0.6) is 0 Å². The number of hydrogen-bond acceptors (Lipinski definition) is 7. The third kappa shape index (κ3) is 4.83. The van der Waals surface area contributed by atoms with E-state index in [0.717, 1.165) is 6.07 Å². The van der Waals surface area contributed by atoms with Crippen LogP contribution in [0, 0.1) is 0 Å². The van der Waals surface area contributed by atoms with Gasteiger partial charge >= 0.3 is 0 Å². The second kappa shape index (κ2) is 8.83. The molecule has 2 N–H and O–H groups in total. The van der Waals surface area contributed by atoms with Crippen molar-refractivity contribution in [1.29, 1.82) is 0 Å². The number of nitrogens with one attached hydrogen (secondary N) is 1. The van der Waals surface area contributed by atoms with E-state index < -0.39 is 49.6 Å². The summed E-state index contributed by atoms with van der Waals surface area (Å²) in [5.41, 5.74) is -2.57. The Morgan fingerprint density at radius 1 is 1.22 bits per heavy atom. The number of halogens is 2. The molecule has 1 saturated carbocycles. The van der Waals surface area contributed by atoms with E-state index in [0.29, 0.717) is 32.4 Å². The minimum atomic E-state index is -3.38. The van der Waals surface area contributed by atoms with Gasteiger partial charge in [-0.25, -0.2) is 26.5 Å². The maximum Gasteiger partial charge on any atom is 0.269 e. The average molecular weight is 519 g/mol. The molecule has 3 heterocycles. The lowest BCUT2D eigenvalue weighted by Crippen LogP contribution is -2.60. The van der Waals surface area contributed by atoms with Gasteiger partial charge in [0.15, 0.2) is 0 Å². The van der Waals surface area contributed by atoms with Crippen LogP contribution in [0.15, 0.2) is 17.1 Å². The standard InChI is InChI=1S/C20H31B4F2N5O4S/c1-18(33)5-3-4-12(18)31-14-10(6-11(13(25)26)15(31)32)7-27-17(28-14)29-16-19(21,22)8-30(36(2,34)35)9-20(16,23)24/h6-7,12-13,16,33H,3-5,8-9,21-24H2,1-2H3,(H,27,28,29)/t12-,18-/m1/s1. The topological polar surface area (TPSA) is 117 Å². The first-order valence-electron chi connectivity index (χ1n) is 12.1. The molecule has 2 aromatic rings. The molecule has 1 aliphatic carbocycles. The van der Waals surface area contributed by atoms with Crippen LogP contribution in [-0.4, -0.2) is 94.7 Å². The molecule has 2 aromatic heterocycles. The molecule has 4 rings (SSSR count). The Bertz CT molecular complexity index is 1340. The molecular weight excluding hydrogens is 488 g/mol. The molecule has 0 aromatic carbocycles. The maximum absolute atomic E-state index is 13.7. The zero-order valence-electron chi connectivity index (χ0n) is 21.5. The van der Waals surface area contributed by atoms with Crippen LogP contribution in [0.2, 0.25) is 10.4 Å². The van der Waals surface area contributed by atoms with E-state index in [1.165, 1.54) is 21.3 Å². The van der Waals surface area contributed by atoms with Gasteiger partial charge in [-0.2, -0.15) is 4.98 Å². The number of aliphatic hydroxyl groups is 1. The number of alkyl halides is 2. The summed E-state index contributed by atoms with van der Waals surface area (Å²) >= 11 is 0. The van der Waals surface area contributed by atoms with Gasteiger partial charge in [-0.05, 0) is 32.3 Å². The lowest BCUT2D eigenvalue weighted by atomic mass is 9.36. The second-order valence-corrected chi connectivity index (χ2v) is 13.9. The van der Waals surface area contributed by atoms with Gasteiger partial charge in [-0.3, -0.25) is 9.36 Å². The van der Waals surface area contributed by atoms with E-state index in [-0.39, 0.29) is 23.0 Å². The lowest BCUT2D eigenvalue weighted by molar-refractivity contribution is 0.0261. The smallest absolute Gasteiger partial charge is 0.269 e. The zero-order valence-corrected chi connectivity index (χ0v) is 22.4. The number of rotatable bonds is 5. The first-order chi connectivity index (χ1) is 16.4. The van der Waals surface area contributed by atoms with Crippen LogP contribution in [0.4, 0.5) is 14.7 Å². The number of pyridine rings is 1. The van der Waals surface area contributed by atoms with Crippen molar-refractivity contribution >= 4 is 58.4 Å². The Kier molecular flexibility index (Phi) is 6.66. The largest absolute Gasteiger partial charge is 0.388 e. The molecule has 36 heavy (non-hydrogen) atoms. The highest BCUT2D eigenvalue weighted by molar-refractivity contribution is 7.88. The minimum Gasteiger partial charge on any atom is -0.388 e. The Morgan fingerprint density at radius 2 is 1.83 bits per heavy atom. The molecule has 192 valence electrons. The van der Waals surface area contributed by atoms with Crippen molar-refractivity contribution < 1.29 is 22.3 Å². The fourth-order valence-corrected chi connectivity index (χ4v) is 7.29. The van der Waals surface area contributed by atoms with Gasteiger partial charge in [-0.15, -0.1) is 0 Å². The van der Waals surface area contributed by atoms with Crippen molar-refractivity contribution in [3.05, 3.63) is 28.2 Å². The molecule has 2 fully saturated rings. The molecule has 0 spiro atoms. The number of fused-ring (bicyclic) bond motifs is 1. The summed E-state index contributed by atoms with van der Waals surface area (Å²) in [7, 11) is 4.47. The zero-order chi connectivity index (χ0) is 26.8. The fraction of sp³-hybridized carbons (Fsp3) is 0.650. The van der Waals surface area contributed by atoms with Gasteiger partial charge in [0.05, 0.1) is 23.5 Å². The van der Waals surface area contributed by atoms with Crippen LogP contribution in [0.25, 0.3) is 11.0 Å². The minimum absolute atomic E-state index is 0.179. The first-order valence-corrected chi connectivity index (χ1v) is 13.9. The summed E-state index contributed by atoms with van der Waals surface area (Å²) in [5.74, 6) is 0.206. The summed E-state index contributed by atoms with van der Waals surface area (Å²) in [6.45, 7) is 2.21. The van der Waals surface area contributed by atoms with Crippen molar-refractivity contribution in [3.63, 3.8) is 0 Å². The van der Waals surface area contributed by atoms with Gasteiger partial charge in [-0.1, -0.05) is 10.4 Å². The molecular formula is C20H31B4F2N5O4S. The normalized spacial score (nSPS) is 27.0. The van der Waals surface area contributed by atoms with Gasteiger partial charge in [0.1, 0.15) is 37.0 Å². The summed E-state index contributed by atoms with van der Waals surface area (Å²) in [6.07, 6.45) is 1.19. The van der Waals surface area contributed by atoms with Crippen molar-refractivity contribution in [2.45, 2.75) is 60.7 Å². The van der Waals surface area contributed by atoms with Crippen LogP contribution in [-0.2, 0) is 10.0 Å². The van der Waals surface area contributed by atoms with Crippen LogP contribution < -0.4 is 10.9 Å². The number of piperidine rings is 1. The Labute approximate surface area is 213 Å². The summed E-state index contributed by atoms with van der Waals surface area (Å²) in [4.78, 5) is 22.1. The maximum atomic E-state index is 13.7. The van der Waals surface area contributed by atoms with Crippen molar-refractivity contribution in [3.8, 4) is 0 Å². The van der Waals surface area contributed by atoms with Crippen molar-refractivity contribution in [2.24, 2.45) is 0 Å². The molecule has 2 atom stereocenters. The van der Waals surface area contributed by atoms with Gasteiger partial charge < -0.3 is 10.4 Å². The van der Waals surface area contributed by atoms with E-state index in [1.807, 2.05) is 31.4 Å². The predicted molar refractivity (Wildman–Crippen MR) is 146 cm³/mol. The quantitative estimate of drug-likeness (QED) is 0.441. The highest BCUT2D eigenvalue weighted by Gasteiger charge is 2.49. The second-order valence-electron chi connectivity index (χ2n) is 11.9. The molecule has 2 aliphatic rings. The highest BCUT2D eigenvalue weighted by Crippen LogP contribution is 2.45.